The van der Waals surface area contributed by atoms with Gasteiger partial charge in [-0.05, 0) is 67.0 Å². The van der Waals surface area contributed by atoms with Crippen LogP contribution in [0.2, 0.25) is 0 Å². The molecule has 0 atom stereocenters. The molecule has 1 saturated heterocycles. The lowest BCUT2D eigenvalue weighted by Gasteiger charge is -2.35. The van der Waals surface area contributed by atoms with Crippen LogP contribution in [0, 0.1) is 5.92 Å². The summed E-state index contributed by atoms with van der Waals surface area (Å²) in [4.78, 5) is 31.0. The van der Waals surface area contributed by atoms with Gasteiger partial charge in [-0.2, -0.15) is 0 Å². The highest BCUT2D eigenvalue weighted by molar-refractivity contribution is 5.95. The monoisotopic (exact) mass is 459 g/mol. The van der Waals surface area contributed by atoms with Gasteiger partial charge < -0.3 is 19.8 Å². The van der Waals surface area contributed by atoms with E-state index in [2.05, 4.69) is 42.8 Å². The van der Waals surface area contributed by atoms with Crippen LogP contribution in [0.5, 0.6) is 0 Å². The average Bonchev–Trinajstić information content (AvgIpc) is 3.60. The van der Waals surface area contributed by atoms with E-state index < -0.39 is 5.60 Å². The minimum atomic E-state index is -1.14. The third kappa shape index (κ3) is 4.34. The Morgan fingerprint density at radius 1 is 0.971 bits per heavy atom. The molecule has 5 rings (SSSR count). The second kappa shape index (κ2) is 8.91. The summed E-state index contributed by atoms with van der Waals surface area (Å²) in [5.41, 5.74) is 3.98. The first-order chi connectivity index (χ1) is 16.4. The maximum atomic E-state index is 13.0. The van der Waals surface area contributed by atoms with Gasteiger partial charge in [-0.1, -0.05) is 37.3 Å². The van der Waals surface area contributed by atoms with Crippen LogP contribution in [0.4, 0.5) is 5.69 Å². The van der Waals surface area contributed by atoms with Crippen molar-refractivity contribution in [3.63, 3.8) is 0 Å². The minimum Gasteiger partial charge on any atom is -0.380 e. The van der Waals surface area contributed by atoms with E-state index in [1.165, 1.54) is 25.0 Å². The Hall–Kier alpha value is -3.12. The molecule has 34 heavy (non-hydrogen) atoms. The third-order valence-corrected chi connectivity index (χ3v) is 7.68. The van der Waals surface area contributed by atoms with Crippen LogP contribution < -0.4 is 4.90 Å². The van der Waals surface area contributed by atoms with Crippen LogP contribution in [0.3, 0.4) is 0 Å². The van der Waals surface area contributed by atoms with Crippen molar-refractivity contribution in [1.82, 2.24) is 9.80 Å². The SMILES string of the molecule is C=C(C1CCC1)N(C)c1cccc(-c2ccc(C(=O)N3CCN(C(=O)C4(O)CC4)CC3)cc2)c1. The summed E-state index contributed by atoms with van der Waals surface area (Å²) in [7, 11) is 2.08. The molecule has 2 saturated carbocycles. The van der Waals surface area contributed by atoms with E-state index in [-0.39, 0.29) is 11.8 Å². The first kappa shape index (κ1) is 22.7. The summed E-state index contributed by atoms with van der Waals surface area (Å²) < 4.78 is 0. The molecule has 2 aromatic carbocycles. The fourth-order valence-corrected chi connectivity index (χ4v) is 4.80. The fraction of sp³-hybridized carbons (Fsp3) is 0.429. The number of rotatable bonds is 6. The van der Waals surface area contributed by atoms with E-state index in [0.717, 1.165) is 16.8 Å². The Morgan fingerprint density at radius 2 is 1.62 bits per heavy atom. The van der Waals surface area contributed by atoms with E-state index in [1.807, 2.05) is 24.3 Å². The van der Waals surface area contributed by atoms with Crippen LogP contribution in [-0.4, -0.2) is 65.5 Å². The lowest BCUT2D eigenvalue weighted by atomic mass is 9.83. The summed E-state index contributed by atoms with van der Waals surface area (Å²) in [5, 5.41) is 10.1. The van der Waals surface area contributed by atoms with Crippen molar-refractivity contribution in [3.05, 3.63) is 66.4 Å². The normalized spacial score (nSPS) is 19.4. The quantitative estimate of drug-likeness (QED) is 0.711. The average molecular weight is 460 g/mol. The highest BCUT2D eigenvalue weighted by atomic mass is 16.3. The van der Waals surface area contributed by atoms with Crippen molar-refractivity contribution in [2.45, 2.75) is 37.7 Å². The number of anilines is 1. The van der Waals surface area contributed by atoms with Crippen molar-refractivity contribution in [2.24, 2.45) is 5.92 Å². The van der Waals surface area contributed by atoms with E-state index in [0.29, 0.717) is 50.5 Å². The molecule has 3 fully saturated rings. The number of hydrogen-bond donors (Lipinski definition) is 1. The standard InChI is InChI=1S/C28H33N3O3/c1-20(21-5-3-6-21)29(2)25-8-4-7-24(19-25)22-9-11-23(12-10-22)26(32)30-15-17-31(18-16-30)27(33)28(34)13-14-28/h4,7-12,19,21,34H,1,3,5-6,13-18H2,2H3. The zero-order valence-electron chi connectivity index (χ0n) is 19.9. The number of piperazine rings is 1. The van der Waals surface area contributed by atoms with Gasteiger partial charge in [0.2, 0.25) is 0 Å². The Kier molecular flexibility index (Phi) is 5.94. The van der Waals surface area contributed by atoms with Gasteiger partial charge in [-0.15, -0.1) is 0 Å². The Bertz CT molecular complexity index is 1090. The molecule has 2 amide bonds. The van der Waals surface area contributed by atoms with Crippen molar-refractivity contribution in [1.29, 1.82) is 0 Å². The Labute approximate surface area is 201 Å². The molecule has 1 heterocycles. The molecule has 2 aromatic rings. The van der Waals surface area contributed by atoms with Crippen LogP contribution in [0.1, 0.15) is 42.5 Å². The van der Waals surface area contributed by atoms with Crippen molar-refractivity contribution >= 4 is 17.5 Å². The maximum Gasteiger partial charge on any atom is 0.254 e. The van der Waals surface area contributed by atoms with Crippen LogP contribution in [0.15, 0.2) is 60.8 Å². The largest absolute Gasteiger partial charge is 0.380 e. The van der Waals surface area contributed by atoms with Crippen LogP contribution in [0.25, 0.3) is 11.1 Å². The molecule has 3 aliphatic rings. The molecule has 1 N–H and O–H groups in total. The van der Waals surface area contributed by atoms with Gasteiger partial charge in [0, 0.05) is 50.2 Å². The first-order valence-corrected chi connectivity index (χ1v) is 12.3. The van der Waals surface area contributed by atoms with Crippen molar-refractivity contribution < 1.29 is 14.7 Å². The second-order valence-electron chi connectivity index (χ2n) is 9.92. The van der Waals surface area contributed by atoms with E-state index in [4.69, 9.17) is 0 Å². The summed E-state index contributed by atoms with van der Waals surface area (Å²) in [6.07, 6.45) is 4.84. The lowest BCUT2D eigenvalue weighted by Crippen LogP contribution is -2.53. The van der Waals surface area contributed by atoms with Gasteiger partial charge in [0.05, 0.1) is 0 Å². The molecule has 1 aliphatic heterocycles. The fourth-order valence-electron chi connectivity index (χ4n) is 4.80. The molecule has 0 bridgehead atoms. The molecule has 0 unspecified atom stereocenters. The molecule has 0 aromatic heterocycles. The second-order valence-corrected chi connectivity index (χ2v) is 9.92. The number of nitrogens with zero attached hydrogens (tertiary/aromatic N) is 3. The van der Waals surface area contributed by atoms with Crippen LogP contribution in [-0.2, 0) is 4.79 Å². The van der Waals surface area contributed by atoms with E-state index >= 15 is 0 Å². The smallest absolute Gasteiger partial charge is 0.254 e. The summed E-state index contributed by atoms with van der Waals surface area (Å²) >= 11 is 0. The third-order valence-electron chi connectivity index (χ3n) is 7.68. The number of carbonyl (C=O) groups excluding carboxylic acids is 2. The zero-order valence-corrected chi connectivity index (χ0v) is 19.9. The van der Waals surface area contributed by atoms with E-state index in [1.54, 1.807) is 9.80 Å². The first-order valence-electron chi connectivity index (χ1n) is 12.3. The predicted molar refractivity (Wildman–Crippen MR) is 133 cm³/mol. The van der Waals surface area contributed by atoms with Crippen molar-refractivity contribution in [3.8, 4) is 11.1 Å². The number of benzene rings is 2. The molecule has 178 valence electrons. The lowest BCUT2D eigenvalue weighted by molar-refractivity contribution is -0.143. The summed E-state index contributed by atoms with van der Waals surface area (Å²) in [6.45, 7) is 6.22. The van der Waals surface area contributed by atoms with Gasteiger partial charge in [0.15, 0.2) is 0 Å². The number of carbonyl (C=O) groups is 2. The van der Waals surface area contributed by atoms with Gasteiger partial charge in [0.1, 0.15) is 5.60 Å². The molecular formula is C28H33N3O3. The number of hydrogen-bond acceptors (Lipinski definition) is 4. The molecule has 2 aliphatic carbocycles. The highest BCUT2D eigenvalue weighted by Crippen LogP contribution is 2.37. The van der Waals surface area contributed by atoms with Crippen molar-refractivity contribution in [2.75, 3.05) is 38.1 Å². The Morgan fingerprint density at radius 3 is 2.21 bits per heavy atom. The van der Waals surface area contributed by atoms with E-state index in [9.17, 15) is 14.7 Å². The molecule has 0 radical (unpaired) electrons. The number of allylic oxidation sites excluding steroid dienone is 1. The van der Waals surface area contributed by atoms with Gasteiger partial charge in [0.25, 0.3) is 11.8 Å². The molecular weight excluding hydrogens is 426 g/mol. The van der Waals surface area contributed by atoms with Gasteiger partial charge in [-0.25, -0.2) is 0 Å². The molecule has 0 spiro atoms. The predicted octanol–water partition coefficient (Wildman–Crippen LogP) is 3.91. The van der Waals surface area contributed by atoms with Crippen LogP contribution >= 0.6 is 0 Å². The number of amides is 2. The molecule has 6 nitrogen and oxygen atoms in total. The topological polar surface area (TPSA) is 64.1 Å². The number of aliphatic hydroxyl groups is 1. The van der Waals surface area contributed by atoms with Gasteiger partial charge >= 0.3 is 0 Å². The maximum absolute atomic E-state index is 13.0. The Balaban J connectivity index is 1.22. The molecule has 6 heteroatoms. The summed E-state index contributed by atoms with van der Waals surface area (Å²) in [5.74, 6) is 0.388. The highest BCUT2D eigenvalue weighted by Gasteiger charge is 2.50. The minimum absolute atomic E-state index is 0.0194. The zero-order chi connectivity index (χ0) is 23.9. The van der Waals surface area contributed by atoms with Gasteiger partial charge in [-0.3, -0.25) is 9.59 Å². The summed E-state index contributed by atoms with van der Waals surface area (Å²) in [6, 6.07) is 16.2.